The summed E-state index contributed by atoms with van der Waals surface area (Å²) >= 11 is 0. The molecule has 0 saturated carbocycles. The monoisotopic (exact) mass is 233 g/mol. The van der Waals surface area contributed by atoms with E-state index in [9.17, 15) is 0 Å². The molecule has 0 atom stereocenters. The van der Waals surface area contributed by atoms with E-state index < -0.39 is 0 Å². The smallest absolute Gasteiger partial charge is 0.0466 e. The Bertz CT molecular complexity index is 358. The molecule has 1 aromatic carbocycles. The van der Waals surface area contributed by atoms with E-state index in [-0.39, 0.29) is 0 Å². The Morgan fingerprint density at radius 2 is 2.18 bits per heavy atom. The predicted octanol–water partition coefficient (Wildman–Crippen LogP) is 2.65. The van der Waals surface area contributed by atoms with Crippen molar-refractivity contribution in [2.75, 3.05) is 26.3 Å². The Kier molecular flexibility index (Phi) is 4.19. The maximum Gasteiger partial charge on any atom is 0.0466 e. The zero-order valence-electron chi connectivity index (χ0n) is 11.0. The van der Waals surface area contributed by atoms with Crippen LogP contribution in [-0.2, 0) is 10.2 Å². The molecule has 1 fully saturated rings. The van der Waals surface area contributed by atoms with Gasteiger partial charge in [-0.2, -0.15) is 0 Å². The van der Waals surface area contributed by atoms with Gasteiger partial charge in [0.1, 0.15) is 0 Å². The van der Waals surface area contributed by atoms with E-state index in [1.165, 1.54) is 17.5 Å². The van der Waals surface area contributed by atoms with Gasteiger partial charge in [0.25, 0.3) is 0 Å². The van der Waals surface area contributed by atoms with Crippen LogP contribution in [0.25, 0.3) is 0 Å². The van der Waals surface area contributed by atoms with Crippen molar-refractivity contribution in [2.45, 2.75) is 32.1 Å². The molecule has 1 saturated heterocycles. The highest BCUT2D eigenvalue weighted by molar-refractivity contribution is 5.33. The number of aryl methyl sites for hydroxylation is 1. The molecule has 1 aliphatic heterocycles. The quantitative estimate of drug-likeness (QED) is 0.763. The van der Waals surface area contributed by atoms with Gasteiger partial charge in [-0.3, -0.25) is 0 Å². The second-order valence-electron chi connectivity index (χ2n) is 5.05. The van der Waals surface area contributed by atoms with E-state index in [1.807, 2.05) is 0 Å². The van der Waals surface area contributed by atoms with Crippen LogP contribution in [0.1, 0.15) is 30.9 Å². The number of benzene rings is 1. The van der Waals surface area contributed by atoms with E-state index in [0.29, 0.717) is 5.41 Å². The highest BCUT2D eigenvalue weighted by Gasteiger charge is 2.37. The molecule has 0 radical (unpaired) electrons. The maximum absolute atomic E-state index is 5.44. The normalized spacial score (nSPS) is 17.8. The maximum atomic E-state index is 5.44. The molecule has 2 nitrogen and oxygen atoms in total. The van der Waals surface area contributed by atoms with Gasteiger partial charge < -0.3 is 10.1 Å². The Hall–Kier alpha value is -0.860. The van der Waals surface area contributed by atoms with Crippen molar-refractivity contribution in [3.8, 4) is 0 Å². The Balaban J connectivity index is 1.99. The number of rotatable bonds is 6. The highest BCUT2D eigenvalue weighted by atomic mass is 16.5. The van der Waals surface area contributed by atoms with Gasteiger partial charge in [-0.1, -0.05) is 29.8 Å². The van der Waals surface area contributed by atoms with Gasteiger partial charge >= 0.3 is 0 Å². The van der Waals surface area contributed by atoms with Crippen LogP contribution in [0.4, 0.5) is 0 Å². The second kappa shape index (κ2) is 5.65. The number of hydrogen-bond acceptors (Lipinski definition) is 2. The molecule has 0 aromatic heterocycles. The summed E-state index contributed by atoms with van der Waals surface area (Å²) in [6.45, 7) is 8.18. The van der Waals surface area contributed by atoms with Crippen molar-refractivity contribution in [3.05, 3.63) is 35.4 Å². The molecule has 0 bridgehead atoms. The summed E-state index contributed by atoms with van der Waals surface area (Å²) in [6, 6.07) is 8.95. The van der Waals surface area contributed by atoms with Gasteiger partial charge in [0.15, 0.2) is 0 Å². The Labute approximate surface area is 104 Å². The SMILES string of the molecule is CCOCCCC1(c2cccc(C)c2)CNC1. The molecule has 1 aliphatic rings. The summed E-state index contributed by atoms with van der Waals surface area (Å²) in [4.78, 5) is 0. The molecular weight excluding hydrogens is 210 g/mol. The van der Waals surface area contributed by atoms with Crippen LogP contribution >= 0.6 is 0 Å². The lowest BCUT2D eigenvalue weighted by atomic mass is 9.71. The third-order valence-electron chi connectivity index (χ3n) is 3.71. The van der Waals surface area contributed by atoms with Crippen molar-refractivity contribution in [3.63, 3.8) is 0 Å². The van der Waals surface area contributed by atoms with E-state index in [4.69, 9.17) is 4.74 Å². The van der Waals surface area contributed by atoms with Gasteiger partial charge in [-0.15, -0.1) is 0 Å². The summed E-state index contributed by atoms with van der Waals surface area (Å²) in [7, 11) is 0. The average molecular weight is 233 g/mol. The molecule has 2 heteroatoms. The summed E-state index contributed by atoms with van der Waals surface area (Å²) in [5.74, 6) is 0. The molecule has 0 spiro atoms. The van der Waals surface area contributed by atoms with Crippen LogP contribution in [0, 0.1) is 6.92 Å². The average Bonchev–Trinajstić information content (AvgIpc) is 2.27. The zero-order valence-corrected chi connectivity index (χ0v) is 11.0. The molecule has 2 rings (SSSR count). The van der Waals surface area contributed by atoms with Crippen molar-refractivity contribution in [1.29, 1.82) is 0 Å². The van der Waals surface area contributed by atoms with Gasteiger partial charge in [0, 0.05) is 31.7 Å². The first-order chi connectivity index (χ1) is 8.27. The lowest BCUT2D eigenvalue weighted by Gasteiger charge is -2.43. The minimum Gasteiger partial charge on any atom is -0.382 e. The van der Waals surface area contributed by atoms with Crippen molar-refractivity contribution >= 4 is 0 Å². The lowest BCUT2D eigenvalue weighted by molar-refractivity contribution is 0.129. The van der Waals surface area contributed by atoms with E-state index in [2.05, 4.69) is 43.4 Å². The van der Waals surface area contributed by atoms with Gasteiger partial charge in [0.2, 0.25) is 0 Å². The fourth-order valence-corrected chi connectivity index (χ4v) is 2.58. The lowest BCUT2D eigenvalue weighted by Crippen LogP contribution is -2.56. The molecule has 1 aromatic rings. The van der Waals surface area contributed by atoms with Crippen molar-refractivity contribution in [1.82, 2.24) is 5.32 Å². The first kappa shape index (κ1) is 12.6. The molecule has 94 valence electrons. The number of ether oxygens (including phenoxy) is 1. The van der Waals surface area contributed by atoms with Crippen molar-refractivity contribution < 1.29 is 4.74 Å². The topological polar surface area (TPSA) is 21.3 Å². The fraction of sp³-hybridized carbons (Fsp3) is 0.600. The third kappa shape index (κ3) is 2.88. The van der Waals surface area contributed by atoms with Crippen LogP contribution < -0.4 is 5.32 Å². The van der Waals surface area contributed by atoms with Crippen LogP contribution in [0.3, 0.4) is 0 Å². The van der Waals surface area contributed by atoms with Crippen molar-refractivity contribution in [2.24, 2.45) is 0 Å². The van der Waals surface area contributed by atoms with Gasteiger partial charge in [0.05, 0.1) is 0 Å². The van der Waals surface area contributed by atoms with Crippen LogP contribution in [0.15, 0.2) is 24.3 Å². The molecule has 1 N–H and O–H groups in total. The molecule has 17 heavy (non-hydrogen) atoms. The number of nitrogens with one attached hydrogen (secondary N) is 1. The van der Waals surface area contributed by atoms with E-state index >= 15 is 0 Å². The second-order valence-corrected chi connectivity index (χ2v) is 5.05. The molecule has 0 amide bonds. The van der Waals surface area contributed by atoms with Crippen LogP contribution in [0.2, 0.25) is 0 Å². The predicted molar refractivity (Wildman–Crippen MR) is 71.5 cm³/mol. The fourth-order valence-electron chi connectivity index (χ4n) is 2.58. The molecular formula is C15H23NO. The van der Waals surface area contributed by atoms with E-state index in [1.54, 1.807) is 0 Å². The van der Waals surface area contributed by atoms with E-state index in [0.717, 1.165) is 32.7 Å². The standard InChI is InChI=1S/C15H23NO/c1-3-17-9-5-8-15(11-16-12-15)14-7-4-6-13(2)10-14/h4,6-7,10,16H,3,5,8-9,11-12H2,1-2H3. The van der Waals surface area contributed by atoms with Gasteiger partial charge in [-0.25, -0.2) is 0 Å². The summed E-state index contributed by atoms with van der Waals surface area (Å²) in [6.07, 6.45) is 2.38. The Morgan fingerprint density at radius 1 is 1.35 bits per heavy atom. The molecule has 0 aliphatic carbocycles. The van der Waals surface area contributed by atoms with Crippen LogP contribution in [-0.4, -0.2) is 26.3 Å². The first-order valence-corrected chi connectivity index (χ1v) is 6.62. The van der Waals surface area contributed by atoms with Gasteiger partial charge in [-0.05, 0) is 32.3 Å². The minimum absolute atomic E-state index is 0.364. The zero-order chi connectivity index (χ0) is 12.1. The summed E-state index contributed by atoms with van der Waals surface area (Å²) in [5.41, 5.74) is 3.22. The largest absolute Gasteiger partial charge is 0.382 e. The first-order valence-electron chi connectivity index (χ1n) is 6.62. The number of hydrogen-bond donors (Lipinski definition) is 1. The van der Waals surface area contributed by atoms with Crippen LogP contribution in [0.5, 0.6) is 0 Å². The summed E-state index contributed by atoms with van der Waals surface area (Å²) < 4.78 is 5.44. The Morgan fingerprint density at radius 3 is 2.76 bits per heavy atom. The molecule has 1 heterocycles. The minimum atomic E-state index is 0.364. The highest BCUT2D eigenvalue weighted by Crippen LogP contribution is 2.33. The molecule has 0 unspecified atom stereocenters. The third-order valence-corrected chi connectivity index (χ3v) is 3.71. The summed E-state index contributed by atoms with van der Waals surface area (Å²) in [5, 5.41) is 3.42.